The number of hydrogen-bond acceptors (Lipinski definition) is 5. The molecule has 9 heteroatoms. The van der Waals surface area contributed by atoms with E-state index in [0.29, 0.717) is 21.3 Å². The number of benzene rings is 1. The van der Waals surface area contributed by atoms with Gasteiger partial charge in [-0.05, 0) is 35.6 Å². The number of halogens is 2. The fraction of sp³-hybridized carbons (Fsp3) is 0.143. The molecule has 0 unspecified atom stereocenters. The highest BCUT2D eigenvalue weighted by Gasteiger charge is 2.20. The molecule has 1 aromatic heterocycles. The van der Waals surface area contributed by atoms with Crippen molar-refractivity contribution < 1.29 is 4.39 Å². The Morgan fingerprint density at radius 2 is 2.09 bits per heavy atom. The van der Waals surface area contributed by atoms with E-state index in [1.165, 1.54) is 10.6 Å². The third-order valence-electron chi connectivity index (χ3n) is 3.36. The SMILES string of the molecule is Cc1c(Nc2ccc(Br)cc2F)c(C2=NN=N[N]2)cn(C)c1=O. The molecule has 1 radical (unpaired) electrons. The molecule has 1 N–H and O–H groups in total. The Morgan fingerprint density at radius 1 is 1.30 bits per heavy atom. The zero-order valence-electron chi connectivity index (χ0n) is 12.2. The van der Waals surface area contributed by atoms with Crippen LogP contribution in [0, 0.1) is 12.7 Å². The van der Waals surface area contributed by atoms with E-state index in [2.05, 4.69) is 42.2 Å². The van der Waals surface area contributed by atoms with Crippen molar-refractivity contribution in [1.29, 1.82) is 0 Å². The van der Waals surface area contributed by atoms with Crippen LogP contribution in [0.4, 0.5) is 15.8 Å². The second-order valence-corrected chi connectivity index (χ2v) is 5.83. The Morgan fingerprint density at radius 3 is 2.74 bits per heavy atom. The molecule has 0 saturated carbocycles. The van der Waals surface area contributed by atoms with E-state index in [9.17, 15) is 9.18 Å². The van der Waals surface area contributed by atoms with E-state index < -0.39 is 5.82 Å². The predicted octanol–water partition coefficient (Wildman–Crippen LogP) is 2.99. The van der Waals surface area contributed by atoms with Gasteiger partial charge in [-0.3, -0.25) is 4.79 Å². The van der Waals surface area contributed by atoms with Crippen molar-refractivity contribution in [2.75, 3.05) is 5.32 Å². The summed E-state index contributed by atoms with van der Waals surface area (Å²) in [5.41, 5.74) is 5.18. The summed E-state index contributed by atoms with van der Waals surface area (Å²) in [5.74, 6) is -0.200. The number of anilines is 2. The van der Waals surface area contributed by atoms with Gasteiger partial charge in [0.1, 0.15) is 5.82 Å². The van der Waals surface area contributed by atoms with E-state index in [1.807, 2.05) is 0 Å². The second kappa shape index (κ2) is 5.92. The van der Waals surface area contributed by atoms with Crippen LogP contribution >= 0.6 is 15.9 Å². The fourth-order valence-electron chi connectivity index (χ4n) is 2.20. The van der Waals surface area contributed by atoms with Gasteiger partial charge in [0.2, 0.25) is 5.84 Å². The lowest BCUT2D eigenvalue weighted by Crippen LogP contribution is -2.24. The van der Waals surface area contributed by atoms with Crippen LogP contribution in [0.25, 0.3) is 0 Å². The molecule has 1 aliphatic heterocycles. The highest BCUT2D eigenvalue weighted by molar-refractivity contribution is 9.10. The molecular weight excluding hydrogens is 367 g/mol. The summed E-state index contributed by atoms with van der Waals surface area (Å²) < 4.78 is 16.1. The summed E-state index contributed by atoms with van der Waals surface area (Å²) in [6.45, 7) is 1.65. The van der Waals surface area contributed by atoms with Crippen LogP contribution in [-0.4, -0.2) is 10.4 Å². The predicted molar refractivity (Wildman–Crippen MR) is 87.3 cm³/mol. The van der Waals surface area contributed by atoms with E-state index in [1.54, 1.807) is 32.3 Å². The first-order chi connectivity index (χ1) is 11.0. The lowest BCUT2D eigenvalue weighted by Gasteiger charge is -2.15. The van der Waals surface area contributed by atoms with E-state index in [0.717, 1.165) is 0 Å². The summed E-state index contributed by atoms with van der Waals surface area (Å²) in [5, 5.41) is 13.7. The number of nitrogens with zero attached hydrogens (tertiary/aromatic N) is 5. The lowest BCUT2D eigenvalue weighted by atomic mass is 10.1. The molecule has 3 rings (SSSR count). The molecule has 0 amide bonds. The number of amidine groups is 1. The van der Waals surface area contributed by atoms with Crippen molar-refractivity contribution in [3.05, 3.63) is 56.2 Å². The average molecular weight is 378 g/mol. The van der Waals surface area contributed by atoms with Crippen LogP contribution < -0.4 is 16.3 Å². The number of aromatic nitrogens is 1. The standard InChI is InChI=1S/C14H11BrFN6O/c1-7-12(17-11-4-3-8(15)5-10(11)16)9(6-22(2)14(7)23)13-18-20-21-19-13/h3-6,17H,1-2H3. The Balaban J connectivity index is 2.13. The van der Waals surface area contributed by atoms with Crippen molar-refractivity contribution in [1.82, 2.24) is 9.99 Å². The molecule has 0 atom stereocenters. The fourth-order valence-corrected chi connectivity index (χ4v) is 2.53. The summed E-state index contributed by atoms with van der Waals surface area (Å²) in [6, 6.07) is 4.60. The van der Waals surface area contributed by atoms with Gasteiger partial charge in [-0.15, -0.1) is 10.5 Å². The molecule has 7 nitrogen and oxygen atoms in total. The zero-order valence-corrected chi connectivity index (χ0v) is 13.8. The summed E-state index contributed by atoms with van der Waals surface area (Å²) in [4.78, 5) is 12.2. The number of aryl methyl sites for hydroxylation is 1. The van der Waals surface area contributed by atoms with Crippen LogP contribution in [0.1, 0.15) is 11.1 Å². The van der Waals surface area contributed by atoms with Crippen molar-refractivity contribution in [2.45, 2.75) is 6.92 Å². The molecule has 2 heterocycles. The first-order valence-corrected chi connectivity index (χ1v) is 7.38. The van der Waals surface area contributed by atoms with Gasteiger partial charge in [0.05, 0.1) is 16.9 Å². The molecule has 23 heavy (non-hydrogen) atoms. The lowest BCUT2D eigenvalue weighted by molar-refractivity contribution is 0.631. The van der Waals surface area contributed by atoms with Crippen molar-refractivity contribution in [3.8, 4) is 0 Å². The van der Waals surface area contributed by atoms with Crippen molar-refractivity contribution >= 4 is 33.1 Å². The van der Waals surface area contributed by atoms with Gasteiger partial charge in [-0.25, -0.2) is 4.39 Å². The maximum absolute atomic E-state index is 14.1. The highest BCUT2D eigenvalue weighted by atomic mass is 79.9. The summed E-state index contributed by atoms with van der Waals surface area (Å²) >= 11 is 3.21. The van der Waals surface area contributed by atoms with Crippen LogP contribution in [0.15, 0.2) is 49.2 Å². The van der Waals surface area contributed by atoms with Crippen LogP contribution in [0.2, 0.25) is 0 Å². The Hall–Kier alpha value is -2.55. The molecule has 0 spiro atoms. The van der Waals surface area contributed by atoms with Gasteiger partial charge in [-0.1, -0.05) is 15.9 Å². The average Bonchev–Trinajstić information content (AvgIpc) is 3.04. The number of hydrogen-bond donors (Lipinski definition) is 1. The molecule has 0 fully saturated rings. The van der Waals surface area contributed by atoms with E-state index in [-0.39, 0.29) is 17.1 Å². The zero-order chi connectivity index (χ0) is 16.6. The summed E-state index contributed by atoms with van der Waals surface area (Å²) in [6.07, 6.45) is 1.56. The molecule has 0 bridgehead atoms. The third kappa shape index (κ3) is 2.87. The maximum Gasteiger partial charge on any atom is 0.255 e. The van der Waals surface area contributed by atoms with Crippen LogP contribution in [0.5, 0.6) is 0 Å². The minimum atomic E-state index is -0.454. The molecular formula is C14H11BrFN6O. The van der Waals surface area contributed by atoms with Gasteiger partial charge in [0.25, 0.3) is 5.56 Å². The van der Waals surface area contributed by atoms with Gasteiger partial charge < -0.3 is 9.88 Å². The summed E-state index contributed by atoms with van der Waals surface area (Å²) in [7, 11) is 1.62. The minimum Gasteiger partial charge on any atom is -0.352 e. The Bertz CT molecular complexity index is 905. The smallest absolute Gasteiger partial charge is 0.255 e. The van der Waals surface area contributed by atoms with Gasteiger partial charge in [0.15, 0.2) is 0 Å². The van der Waals surface area contributed by atoms with E-state index in [4.69, 9.17) is 0 Å². The van der Waals surface area contributed by atoms with Gasteiger partial charge >= 0.3 is 0 Å². The molecule has 0 saturated heterocycles. The minimum absolute atomic E-state index is 0.207. The van der Waals surface area contributed by atoms with Crippen LogP contribution in [-0.2, 0) is 7.05 Å². The monoisotopic (exact) mass is 377 g/mol. The number of nitrogens with one attached hydrogen (secondary N) is 1. The largest absolute Gasteiger partial charge is 0.352 e. The van der Waals surface area contributed by atoms with Crippen molar-refractivity contribution in [2.24, 2.45) is 22.6 Å². The van der Waals surface area contributed by atoms with Gasteiger partial charge in [0, 0.05) is 23.3 Å². The molecule has 2 aromatic rings. The number of rotatable bonds is 3. The molecule has 1 aromatic carbocycles. The van der Waals surface area contributed by atoms with Gasteiger partial charge in [-0.2, -0.15) is 0 Å². The highest BCUT2D eigenvalue weighted by Crippen LogP contribution is 2.27. The second-order valence-electron chi connectivity index (χ2n) is 4.91. The first kappa shape index (κ1) is 15.3. The quantitative estimate of drug-likeness (QED) is 0.891. The maximum atomic E-state index is 14.1. The van der Waals surface area contributed by atoms with Crippen LogP contribution in [0.3, 0.4) is 0 Å². The normalized spacial score (nSPS) is 13.0. The number of pyridine rings is 1. The molecule has 117 valence electrons. The Labute approximate surface area is 139 Å². The molecule has 0 aliphatic carbocycles. The first-order valence-electron chi connectivity index (χ1n) is 6.59. The Kier molecular flexibility index (Phi) is 3.95. The third-order valence-corrected chi connectivity index (χ3v) is 3.85. The van der Waals surface area contributed by atoms with Crippen molar-refractivity contribution in [3.63, 3.8) is 0 Å². The topological polar surface area (TPSA) is 85.2 Å². The molecule has 1 aliphatic rings. The van der Waals surface area contributed by atoms with E-state index >= 15 is 0 Å².